The summed E-state index contributed by atoms with van der Waals surface area (Å²) in [6.45, 7) is 3.69. The summed E-state index contributed by atoms with van der Waals surface area (Å²) >= 11 is 1.50. The van der Waals surface area contributed by atoms with Crippen molar-refractivity contribution in [3.05, 3.63) is 65.9 Å². The molecule has 1 aromatic heterocycles. The number of aromatic nitrogens is 1. The average Bonchev–Trinajstić information content (AvgIpc) is 3.37. The van der Waals surface area contributed by atoms with Gasteiger partial charge in [-0.25, -0.2) is 4.79 Å². The molecule has 0 aliphatic carbocycles. The second-order valence-corrected chi connectivity index (χ2v) is 12.0. The van der Waals surface area contributed by atoms with Crippen LogP contribution in [0.15, 0.2) is 54.7 Å². The lowest BCUT2D eigenvalue weighted by molar-refractivity contribution is -0.142. The minimum absolute atomic E-state index is 0.00569. The summed E-state index contributed by atoms with van der Waals surface area (Å²) in [7, 11) is 0. The van der Waals surface area contributed by atoms with E-state index in [-0.39, 0.29) is 37.4 Å². The second kappa shape index (κ2) is 16.0. The molecule has 0 bridgehead atoms. The first-order chi connectivity index (χ1) is 20.5. The number of nitrogens with two attached hydrogens (primary N) is 1. The number of carbonyl (C=O) groups is 4. The number of para-hydroxylation sites is 1. The lowest BCUT2D eigenvalue weighted by Crippen LogP contribution is -2.58. The van der Waals surface area contributed by atoms with Gasteiger partial charge in [-0.1, -0.05) is 44.2 Å². The summed E-state index contributed by atoms with van der Waals surface area (Å²) < 4.78 is 0. The Morgan fingerprint density at radius 3 is 2.16 bits per heavy atom. The number of fused-ring (bicyclic) bond motifs is 1. The fourth-order valence-electron chi connectivity index (χ4n) is 4.73. The smallest absolute Gasteiger partial charge is 0.326 e. The quantitative estimate of drug-likeness (QED) is 0.129. The van der Waals surface area contributed by atoms with Crippen LogP contribution in [0.4, 0.5) is 0 Å². The largest absolute Gasteiger partial charge is 0.508 e. The van der Waals surface area contributed by atoms with E-state index in [1.807, 2.05) is 50.6 Å². The summed E-state index contributed by atoms with van der Waals surface area (Å²) in [6.07, 6.45) is 4.48. The van der Waals surface area contributed by atoms with Crippen molar-refractivity contribution in [2.24, 2.45) is 11.7 Å². The highest BCUT2D eigenvalue weighted by Crippen LogP contribution is 2.19. The van der Waals surface area contributed by atoms with Crippen molar-refractivity contribution in [1.29, 1.82) is 0 Å². The number of aliphatic carboxylic acids is 1. The van der Waals surface area contributed by atoms with Gasteiger partial charge >= 0.3 is 5.97 Å². The van der Waals surface area contributed by atoms with Gasteiger partial charge in [0.05, 0.1) is 6.04 Å². The Labute approximate surface area is 255 Å². The predicted octanol–water partition coefficient (Wildman–Crippen LogP) is 2.32. The fourth-order valence-corrected chi connectivity index (χ4v) is 5.20. The number of aromatic hydroxyl groups is 1. The number of amides is 3. The summed E-state index contributed by atoms with van der Waals surface area (Å²) in [5, 5.41) is 28.3. The second-order valence-electron chi connectivity index (χ2n) is 11.0. The third-order valence-corrected chi connectivity index (χ3v) is 7.67. The van der Waals surface area contributed by atoms with Crippen LogP contribution < -0.4 is 21.7 Å². The molecule has 43 heavy (non-hydrogen) atoms. The number of carbonyl (C=O) groups excluding carboxylic acids is 3. The Bertz CT molecular complexity index is 1390. The number of rotatable bonds is 16. The van der Waals surface area contributed by atoms with Crippen molar-refractivity contribution >= 4 is 46.4 Å². The van der Waals surface area contributed by atoms with Crippen LogP contribution in [0, 0.1) is 5.92 Å². The van der Waals surface area contributed by atoms with Gasteiger partial charge in [0.1, 0.15) is 23.9 Å². The van der Waals surface area contributed by atoms with Gasteiger partial charge in [0, 0.05) is 23.5 Å². The van der Waals surface area contributed by atoms with E-state index in [0.717, 1.165) is 16.5 Å². The third-order valence-electron chi connectivity index (χ3n) is 7.03. The van der Waals surface area contributed by atoms with Gasteiger partial charge in [-0.05, 0) is 66.5 Å². The molecule has 1 heterocycles. The van der Waals surface area contributed by atoms with E-state index in [4.69, 9.17) is 5.73 Å². The topological polar surface area (TPSA) is 187 Å². The van der Waals surface area contributed by atoms with Crippen molar-refractivity contribution < 1.29 is 29.4 Å². The van der Waals surface area contributed by atoms with Crippen LogP contribution in [0.3, 0.4) is 0 Å². The van der Waals surface area contributed by atoms with Crippen molar-refractivity contribution in [3.8, 4) is 5.75 Å². The molecule has 0 aliphatic rings. The zero-order valence-electron chi connectivity index (χ0n) is 24.6. The van der Waals surface area contributed by atoms with Gasteiger partial charge in [0.15, 0.2) is 0 Å². The molecular weight excluding hydrogens is 570 g/mol. The molecule has 0 saturated heterocycles. The van der Waals surface area contributed by atoms with Crippen LogP contribution in [0.1, 0.15) is 37.8 Å². The molecule has 3 aromatic rings. The van der Waals surface area contributed by atoms with E-state index in [1.54, 1.807) is 12.1 Å². The minimum Gasteiger partial charge on any atom is -0.508 e. The van der Waals surface area contributed by atoms with Crippen molar-refractivity contribution in [1.82, 2.24) is 20.9 Å². The number of carboxylic acids is 1. The molecule has 0 aliphatic heterocycles. The summed E-state index contributed by atoms with van der Waals surface area (Å²) in [4.78, 5) is 55.0. The highest BCUT2D eigenvalue weighted by molar-refractivity contribution is 7.98. The molecule has 4 atom stereocenters. The van der Waals surface area contributed by atoms with Crippen LogP contribution in [-0.4, -0.2) is 75.1 Å². The Balaban J connectivity index is 1.76. The average molecular weight is 612 g/mol. The first-order valence-corrected chi connectivity index (χ1v) is 15.6. The molecule has 11 nitrogen and oxygen atoms in total. The summed E-state index contributed by atoms with van der Waals surface area (Å²) in [5.74, 6) is -2.33. The predicted molar refractivity (Wildman–Crippen MR) is 168 cm³/mol. The first kappa shape index (κ1) is 33.5. The molecule has 0 fully saturated rings. The van der Waals surface area contributed by atoms with Crippen LogP contribution in [0.2, 0.25) is 0 Å². The Hall–Kier alpha value is -4.03. The number of thioether (sulfide) groups is 1. The van der Waals surface area contributed by atoms with Crippen LogP contribution >= 0.6 is 11.8 Å². The molecule has 0 saturated carbocycles. The van der Waals surface area contributed by atoms with Crippen LogP contribution in [-0.2, 0) is 32.0 Å². The van der Waals surface area contributed by atoms with E-state index in [2.05, 4.69) is 20.9 Å². The summed E-state index contributed by atoms with van der Waals surface area (Å²) in [5.41, 5.74) is 8.71. The van der Waals surface area contributed by atoms with Gasteiger partial charge in [0.2, 0.25) is 17.7 Å². The van der Waals surface area contributed by atoms with Gasteiger partial charge in [0.25, 0.3) is 0 Å². The molecule has 2 aromatic carbocycles. The Morgan fingerprint density at radius 1 is 0.884 bits per heavy atom. The van der Waals surface area contributed by atoms with Crippen molar-refractivity contribution in [3.63, 3.8) is 0 Å². The number of aromatic amines is 1. The molecule has 8 N–H and O–H groups in total. The molecule has 4 unspecified atom stereocenters. The van der Waals surface area contributed by atoms with E-state index in [9.17, 15) is 29.4 Å². The van der Waals surface area contributed by atoms with Crippen LogP contribution in [0.5, 0.6) is 5.75 Å². The van der Waals surface area contributed by atoms with Gasteiger partial charge in [-0.3, -0.25) is 14.4 Å². The minimum atomic E-state index is -1.17. The number of carboxylic acid groups (broad SMARTS) is 1. The van der Waals surface area contributed by atoms with Crippen LogP contribution in [0.25, 0.3) is 10.9 Å². The van der Waals surface area contributed by atoms with E-state index < -0.39 is 47.9 Å². The zero-order valence-corrected chi connectivity index (χ0v) is 25.4. The molecule has 0 spiro atoms. The maximum Gasteiger partial charge on any atom is 0.326 e. The maximum atomic E-state index is 13.5. The first-order valence-electron chi connectivity index (χ1n) is 14.2. The maximum absolute atomic E-state index is 13.5. The molecule has 3 amide bonds. The van der Waals surface area contributed by atoms with Gasteiger partial charge in [-0.2, -0.15) is 11.8 Å². The number of phenolic OH excluding ortho intramolecular Hbond substituents is 1. The van der Waals surface area contributed by atoms with Crippen molar-refractivity contribution in [2.45, 2.75) is 63.7 Å². The number of benzene rings is 2. The normalized spacial score (nSPS) is 14.1. The number of phenols is 1. The Kier molecular flexibility index (Phi) is 12.4. The molecular formula is C31H41N5O6S. The number of hydrogen-bond donors (Lipinski definition) is 7. The van der Waals surface area contributed by atoms with E-state index in [0.29, 0.717) is 11.3 Å². The molecule has 12 heteroatoms. The van der Waals surface area contributed by atoms with Crippen molar-refractivity contribution in [2.75, 3.05) is 12.0 Å². The summed E-state index contributed by atoms with van der Waals surface area (Å²) in [6, 6.07) is 9.65. The third kappa shape index (κ3) is 10.0. The fraction of sp³-hybridized carbons (Fsp3) is 0.419. The Morgan fingerprint density at radius 2 is 1.51 bits per heavy atom. The monoisotopic (exact) mass is 611 g/mol. The number of hydrogen-bond acceptors (Lipinski definition) is 7. The number of H-pyrrole nitrogens is 1. The zero-order chi connectivity index (χ0) is 31.5. The standard InChI is InChI=1S/C31H41N5O6S/c1-18(2)14-27(31(41)42)36-30(40)26(15-19-8-10-21(37)11-9-19)35-29(39)25(12-13-43-3)34-28(38)23(32)16-20-17-33-24-7-5-4-6-22(20)24/h4-11,17-18,23,25-27,33,37H,12-16,32H2,1-3H3,(H,34,38)(H,35,39)(H,36,40)(H,41,42). The lowest BCUT2D eigenvalue weighted by Gasteiger charge is -2.25. The molecule has 232 valence electrons. The van der Waals surface area contributed by atoms with Gasteiger partial charge < -0.3 is 36.9 Å². The highest BCUT2D eigenvalue weighted by atomic mass is 32.2. The SMILES string of the molecule is CSCCC(NC(=O)C(N)Cc1c[nH]c2ccccc12)C(=O)NC(Cc1ccc(O)cc1)C(=O)NC(CC(C)C)C(=O)O. The number of nitrogens with one attached hydrogen (secondary N) is 4. The lowest BCUT2D eigenvalue weighted by atomic mass is 10.0. The molecule has 3 rings (SSSR count). The van der Waals surface area contributed by atoms with Gasteiger partial charge in [-0.15, -0.1) is 0 Å². The van der Waals surface area contributed by atoms with E-state index in [1.165, 1.54) is 23.9 Å². The molecule has 0 radical (unpaired) electrons. The van der Waals surface area contributed by atoms with E-state index >= 15 is 0 Å². The highest BCUT2D eigenvalue weighted by Gasteiger charge is 2.31.